The van der Waals surface area contributed by atoms with Crippen LogP contribution in [-0.4, -0.2) is 48.2 Å². The molecule has 28 heavy (non-hydrogen) atoms. The number of anilines is 1. The van der Waals surface area contributed by atoms with Gasteiger partial charge in [0.2, 0.25) is 0 Å². The second-order valence-electron chi connectivity index (χ2n) is 7.19. The Hall–Kier alpha value is -2.51. The number of thiazole rings is 1. The Morgan fingerprint density at radius 3 is 2.64 bits per heavy atom. The molecule has 0 unspecified atom stereocenters. The maximum atomic E-state index is 5.32. The van der Waals surface area contributed by atoms with Gasteiger partial charge >= 0.3 is 0 Å². The molecule has 3 heterocycles. The van der Waals surface area contributed by atoms with Crippen LogP contribution in [0, 0.1) is 6.33 Å². The summed E-state index contributed by atoms with van der Waals surface area (Å²) in [6.07, 6.45) is 7.16. The molecule has 5 rings (SSSR count). The third-order valence-electron chi connectivity index (χ3n) is 5.30. The number of piperazine rings is 1. The predicted octanol–water partition coefficient (Wildman–Crippen LogP) is 3.36. The Kier molecular flexibility index (Phi) is 4.70. The van der Waals surface area contributed by atoms with Crippen LogP contribution in [0.15, 0.2) is 30.5 Å². The van der Waals surface area contributed by atoms with Crippen molar-refractivity contribution >= 4 is 16.5 Å². The zero-order valence-electron chi connectivity index (χ0n) is 15.8. The standard InChI is InChI=1S/C21H22N5OS/c1-27-16-6-4-15(5-7-16)18-20(19-17(14-2-3-14)12-23-13-24-19)28-21(25-18)26-10-8-22-9-11-26/h4-7,12,14,22H,2-3,8-11H2,1H3. The molecule has 1 aromatic carbocycles. The zero-order valence-corrected chi connectivity index (χ0v) is 16.6. The largest absolute Gasteiger partial charge is 0.497 e. The fourth-order valence-electron chi connectivity index (χ4n) is 3.58. The maximum Gasteiger partial charge on any atom is 0.198 e. The molecule has 2 aliphatic rings. The summed E-state index contributed by atoms with van der Waals surface area (Å²) in [6, 6.07) is 8.11. The molecule has 0 spiro atoms. The second-order valence-corrected chi connectivity index (χ2v) is 8.17. The fourth-order valence-corrected chi connectivity index (χ4v) is 4.73. The van der Waals surface area contributed by atoms with E-state index >= 15 is 0 Å². The minimum absolute atomic E-state index is 0.568. The number of hydrogen-bond donors (Lipinski definition) is 1. The molecule has 1 aliphatic carbocycles. The number of ether oxygens (including phenoxy) is 1. The third kappa shape index (κ3) is 3.36. The van der Waals surface area contributed by atoms with Gasteiger partial charge in [-0.05, 0) is 43.0 Å². The highest BCUT2D eigenvalue weighted by Crippen LogP contribution is 2.47. The molecule has 2 fully saturated rings. The first-order valence-corrected chi connectivity index (χ1v) is 10.5. The van der Waals surface area contributed by atoms with Gasteiger partial charge in [0.15, 0.2) is 11.5 Å². The lowest BCUT2D eigenvalue weighted by Crippen LogP contribution is -2.43. The molecule has 1 N–H and O–H groups in total. The molecule has 1 saturated heterocycles. The number of nitrogens with one attached hydrogen (secondary N) is 1. The van der Waals surface area contributed by atoms with Crippen molar-refractivity contribution in [2.75, 3.05) is 38.2 Å². The van der Waals surface area contributed by atoms with Crippen LogP contribution in [-0.2, 0) is 0 Å². The molecule has 7 heteroatoms. The lowest BCUT2D eigenvalue weighted by atomic mass is 10.1. The van der Waals surface area contributed by atoms with Gasteiger partial charge in [0, 0.05) is 43.5 Å². The van der Waals surface area contributed by atoms with Crippen LogP contribution >= 0.6 is 11.3 Å². The van der Waals surface area contributed by atoms with Crippen molar-refractivity contribution in [2.45, 2.75) is 18.8 Å². The highest BCUT2D eigenvalue weighted by atomic mass is 32.1. The van der Waals surface area contributed by atoms with Crippen LogP contribution in [0.5, 0.6) is 5.75 Å². The summed E-state index contributed by atoms with van der Waals surface area (Å²) in [7, 11) is 1.68. The average molecular weight is 393 g/mol. The summed E-state index contributed by atoms with van der Waals surface area (Å²) >= 11 is 1.73. The SMILES string of the molecule is COc1ccc(-c2nc(N3CCNCC3)sc2-c2n[c]ncc2C2CC2)cc1. The average Bonchev–Trinajstić information content (AvgIpc) is 3.52. The van der Waals surface area contributed by atoms with Crippen LogP contribution in [0.3, 0.4) is 0 Å². The predicted molar refractivity (Wildman–Crippen MR) is 111 cm³/mol. The Labute approximate surface area is 168 Å². The van der Waals surface area contributed by atoms with E-state index in [1.54, 1.807) is 18.4 Å². The molecule has 0 atom stereocenters. The molecule has 3 aromatic rings. The van der Waals surface area contributed by atoms with Crippen molar-refractivity contribution in [3.8, 4) is 27.6 Å². The van der Waals surface area contributed by atoms with E-state index in [1.807, 2.05) is 18.3 Å². The first kappa shape index (κ1) is 17.6. The van der Waals surface area contributed by atoms with E-state index in [1.165, 1.54) is 18.4 Å². The summed E-state index contributed by atoms with van der Waals surface area (Å²) in [4.78, 5) is 17.3. The Morgan fingerprint density at radius 1 is 1.14 bits per heavy atom. The first-order chi connectivity index (χ1) is 13.8. The van der Waals surface area contributed by atoms with E-state index < -0.39 is 0 Å². The van der Waals surface area contributed by atoms with Crippen LogP contribution < -0.4 is 15.0 Å². The second kappa shape index (κ2) is 7.48. The van der Waals surface area contributed by atoms with Gasteiger partial charge in [-0.15, -0.1) is 0 Å². The highest BCUT2D eigenvalue weighted by molar-refractivity contribution is 7.19. The van der Waals surface area contributed by atoms with Crippen molar-refractivity contribution < 1.29 is 4.74 Å². The summed E-state index contributed by atoms with van der Waals surface area (Å²) < 4.78 is 5.32. The lowest BCUT2D eigenvalue weighted by Gasteiger charge is -2.26. The maximum absolute atomic E-state index is 5.32. The van der Waals surface area contributed by atoms with E-state index in [9.17, 15) is 0 Å². The molecule has 1 saturated carbocycles. The topological polar surface area (TPSA) is 63.2 Å². The first-order valence-electron chi connectivity index (χ1n) is 9.68. The summed E-state index contributed by atoms with van der Waals surface area (Å²) in [6.45, 7) is 3.92. The molecule has 143 valence electrons. The van der Waals surface area contributed by atoms with Gasteiger partial charge in [0.1, 0.15) is 5.75 Å². The van der Waals surface area contributed by atoms with E-state index in [0.29, 0.717) is 5.92 Å². The molecule has 1 radical (unpaired) electrons. The van der Waals surface area contributed by atoms with Crippen LogP contribution in [0.25, 0.3) is 21.8 Å². The van der Waals surface area contributed by atoms with Gasteiger partial charge in [0.25, 0.3) is 0 Å². The Balaban J connectivity index is 1.62. The fraction of sp³-hybridized carbons (Fsp3) is 0.381. The number of rotatable bonds is 5. The molecular weight excluding hydrogens is 370 g/mol. The lowest BCUT2D eigenvalue weighted by molar-refractivity contribution is 0.415. The Bertz CT molecular complexity index is 961. The van der Waals surface area contributed by atoms with E-state index in [0.717, 1.165) is 58.9 Å². The molecular formula is C21H22N5OS. The molecule has 1 aliphatic heterocycles. The highest BCUT2D eigenvalue weighted by Gasteiger charge is 2.30. The van der Waals surface area contributed by atoms with Crippen molar-refractivity contribution in [1.82, 2.24) is 20.3 Å². The minimum atomic E-state index is 0.568. The van der Waals surface area contributed by atoms with Crippen molar-refractivity contribution in [1.29, 1.82) is 0 Å². The summed E-state index contributed by atoms with van der Waals surface area (Å²) in [5, 5.41) is 4.47. The van der Waals surface area contributed by atoms with Crippen LogP contribution in [0.4, 0.5) is 5.13 Å². The number of nitrogens with zero attached hydrogens (tertiary/aromatic N) is 4. The van der Waals surface area contributed by atoms with Crippen molar-refractivity contribution in [3.63, 3.8) is 0 Å². The van der Waals surface area contributed by atoms with E-state index in [-0.39, 0.29) is 0 Å². The number of aromatic nitrogens is 3. The number of methoxy groups -OCH3 is 1. The molecule has 6 nitrogen and oxygen atoms in total. The monoisotopic (exact) mass is 392 g/mol. The third-order valence-corrected chi connectivity index (χ3v) is 6.42. The minimum Gasteiger partial charge on any atom is -0.497 e. The van der Waals surface area contributed by atoms with Gasteiger partial charge in [-0.25, -0.2) is 15.0 Å². The van der Waals surface area contributed by atoms with Crippen molar-refractivity contribution in [2.24, 2.45) is 0 Å². The van der Waals surface area contributed by atoms with E-state index in [2.05, 4.69) is 38.6 Å². The van der Waals surface area contributed by atoms with Gasteiger partial charge in [0.05, 0.1) is 23.4 Å². The molecule has 0 bridgehead atoms. The van der Waals surface area contributed by atoms with Crippen LogP contribution in [0.2, 0.25) is 0 Å². The van der Waals surface area contributed by atoms with Crippen molar-refractivity contribution in [3.05, 3.63) is 42.4 Å². The summed E-state index contributed by atoms with van der Waals surface area (Å²) in [5.74, 6) is 1.41. The van der Waals surface area contributed by atoms with Gasteiger partial charge < -0.3 is 15.0 Å². The van der Waals surface area contributed by atoms with Gasteiger partial charge in [-0.1, -0.05) is 11.3 Å². The number of hydrogen-bond acceptors (Lipinski definition) is 7. The van der Waals surface area contributed by atoms with Gasteiger partial charge in [-0.3, -0.25) is 0 Å². The zero-order chi connectivity index (χ0) is 18.9. The van der Waals surface area contributed by atoms with E-state index in [4.69, 9.17) is 9.72 Å². The smallest absolute Gasteiger partial charge is 0.198 e. The molecule has 2 aromatic heterocycles. The number of benzene rings is 1. The van der Waals surface area contributed by atoms with Gasteiger partial charge in [-0.2, -0.15) is 0 Å². The van der Waals surface area contributed by atoms with Crippen LogP contribution in [0.1, 0.15) is 24.3 Å². The molecule has 0 amide bonds. The Morgan fingerprint density at radius 2 is 1.93 bits per heavy atom. The normalized spacial score (nSPS) is 17.0. The summed E-state index contributed by atoms with van der Waals surface area (Å²) in [5.41, 5.74) is 4.27. The quantitative estimate of drug-likeness (QED) is 0.718.